The molecule has 1 aromatic heterocycles. The molecule has 0 unspecified atom stereocenters. The van der Waals surface area contributed by atoms with Crippen LogP contribution in [-0.4, -0.2) is 21.9 Å². The fourth-order valence-electron chi connectivity index (χ4n) is 1.10. The molecule has 0 aliphatic heterocycles. The Bertz CT molecular complexity index is 347. The summed E-state index contributed by atoms with van der Waals surface area (Å²) in [6.07, 6.45) is 1.41. The molecule has 0 aromatic carbocycles. The van der Waals surface area contributed by atoms with Gasteiger partial charge in [-0.3, -0.25) is 4.79 Å². The third-order valence-corrected chi connectivity index (χ3v) is 1.97. The molecule has 1 aromatic rings. The number of aromatic nitrogens is 2. The predicted molar refractivity (Wildman–Crippen MR) is 54.1 cm³/mol. The minimum atomic E-state index is -0.136. The van der Waals surface area contributed by atoms with Gasteiger partial charge in [0.1, 0.15) is 12.0 Å². The standard InChI is InChI=1S/C10H15N3O/c1-6(2)13-10(14)9-7(3)8(4)11-5-12-9/h5-6H,1-4H3,(H,13,14). The maximum Gasteiger partial charge on any atom is 0.270 e. The fraction of sp³-hybridized carbons (Fsp3) is 0.500. The van der Waals surface area contributed by atoms with Crippen LogP contribution in [0.2, 0.25) is 0 Å². The summed E-state index contributed by atoms with van der Waals surface area (Å²) in [7, 11) is 0. The minimum absolute atomic E-state index is 0.122. The largest absolute Gasteiger partial charge is 0.349 e. The van der Waals surface area contributed by atoms with Gasteiger partial charge in [0.2, 0.25) is 0 Å². The van der Waals surface area contributed by atoms with Crippen molar-refractivity contribution in [3.05, 3.63) is 23.3 Å². The van der Waals surface area contributed by atoms with Crippen molar-refractivity contribution in [3.8, 4) is 0 Å². The molecule has 0 radical (unpaired) electrons. The van der Waals surface area contributed by atoms with Gasteiger partial charge >= 0.3 is 0 Å². The van der Waals surface area contributed by atoms with E-state index >= 15 is 0 Å². The molecule has 0 spiro atoms. The summed E-state index contributed by atoms with van der Waals surface area (Å²) in [6, 6.07) is 0.122. The van der Waals surface area contributed by atoms with Crippen LogP contribution in [0.5, 0.6) is 0 Å². The molecule has 14 heavy (non-hydrogen) atoms. The van der Waals surface area contributed by atoms with E-state index in [9.17, 15) is 4.79 Å². The normalized spacial score (nSPS) is 10.4. The molecule has 1 heterocycles. The van der Waals surface area contributed by atoms with Crippen molar-refractivity contribution >= 4 is 5.91 Å². The van der Waals surface area contributed by atoms with E-state index in [0.29, 0.717) is 5.69 Å². The molecule has 0 bridgehead atoms. The molecule has 4 nitrogen and oxygen atoms in total. The highest BCUT2D eigenvalue weighted by molar-refractivity contribution is 5.93. The monoisotopic (exact) mass is 193 g/mol. The zero-order valence-electron chi connectivity index (χ0n) is 8.96. The van der Waals surface area contributed by atoms with Crippen molar-refractivity contribution in [3.63, 3.8) is 0 Å². The van der Waals surface area contributed by atoms with Crippen LogP contribution in [0.4, 0.5) is 0 Å². The molecule has 76 valence electrons. The maximum atomic E-state index is 11.6. The van der Waals surface area contributed by atoms with Crippen molar-refractivity contribution in [1.82, 2.24) is 15.3 Å². The number of amides is 1. The number of carbonyl (C=O) groups excluding carboxylic acids is 1. The van der Waals surface area contributed by atoms with Gasteiger partial charge < -0.3 is 5.32 Å². The van der Waals surface area contributed by atoms with Crippen molar-refractivity contribution in [1.29, 1.82) is 0 Å². The molecule has 0 fully saturated rings. The topological polar surface area (TPSA) is 54.9 Å². The molecule has 4 heteroatoms. The summed E-state index contributed by atoms with van der Waals surface area (Å²) in [5.41, 5.74) is 2.14. The van der Waals surface area contributed by atoms with E-state index < -0.39 is 0 Å². The maximum absolute atomic E-state index is 11.6. The lowest BCUT2D eigenvalue weighted by atomic mass is 10.2. The van der Waals surface area contributed by atoms with Crippen molar-refractivity contribution < 1.29 is 4.79 Å². The molecular formula is C10H15N3O. The number of hydrogen-bond acceptors (Lipinski definition) is 3. The minimum Gasteiger partial charge on any atom is -0.349 e. The van der Waals surface area contributed by atoms with Gasteiger partial charge in [0.15, 0.2) is 0 Å². The summed E-state index contributed by atoms with van der Waals surface area (Å²) >= 11 is 0. The molecule has 0 aliphatic carbocycles. The molecule has 0 atom stereocenters. The third kappa shape index (κ3) is 2.28. The number of rotatable bonds is 2. The summed E-state index contributed by atoms with van der Waals surface area (Å²) < 4.78 is 0. The van der Waals surface area contributed by atoms with Gasteiger partial charge in [-0.25, -0.2) is 9.97 Å². The van der Waals surface area contributed by atoms with E-state index in [0.717, 1.165) is 11.3 Å². The van der Waals surface area contributed by atoms with Crippen LogP contribution in [0.25, 0.3) is 0 Å². The van der Waals surface area contributed by atoms with E-state index in [1.807, 2.05) is 27.7 Å². The number of nitrogens with one attached hydrogen (secondary N) is 1. The number of aryl methyl sites for hydroxylation is 1. The first kappa shape index (κ1) is 10.6. The van der Waals surface area contributed by atoms with Gasteiger partial charge in [-0.05, 0) is 27.7 Å². The first-order valence-corrected chi connectivity index (χ1v) is 4.61. The lowest BCUT2D eigenvalue weighted by Crippen LogP contribution is -2.31. The third-order valence-electron chi connectivity index (χ3n) is 1.97. The summed E-state index contributed by atoms with van der Waals surface area (Å²) in [6.45, 7) is 7.55. The van der Waals surface area contributed by atoms with Crippen LogP contribution in [0.3, 0.4) is 0 Å². The fourth-order valence-corrected chi connectivity index (χ4v) is 1.10. The zero-order chi connectivity index (χ0) is 10.7. The Hall–Kier alpha value is -1.45. The first-order chi connectivity index (χ1) is 6.52. The molecular weight excluding hydrogens is 178 g/mol. The van der Waals surface area contributed by atoms with Crippen LogP contribution >= 0.6 is 0 Å². The van der Waals surface area contributed by atoms with Gasteiger partial charge in [-0.1, -0.05) is 0 Å². The Morgan fingerprint density at radius 1 is 1.36 bits per heavy atom. The average Bonchev–Trinajstić information content (AvgIpc) is 2.08. The van der Waals surface area contributed by atoms with E-state index in [-0.39, 0.29) is 11.9 Å². The summed E-state index contributed by atoms with van der Waals surface area (Å²) in [5, 5.41) is 2.80. The SMILES string of the molecule is Cc1ncnc(C(=O)NC(C)C)c1C. The number of carbonyl (C=O) groups is 1. The summed E-state index contributed by atoms with van der Waals surface area (Å²) in [5.74, 6) is -0.136. The Labute approximate surface area is 83.8 Å². The number of hydrogen-bond donors (Lipinski definition) is 1. The van der Waals surface area contributed by atoms with E-state index in [2.05, 4.69) is 15.3 Å². The Kier molecular flexibility index (Phi) is 3.17. The van der Waals surface area contributed by atoms with E-state index in [4.69, 9.17) is 0 Å². The smallest absolute Gasteiger partial charge is 0.270 e. The Morgan fingerprint density at radius 3 is 2.57 bits per heavy atom. The predicted octanol–water partition coefficient (Wildman–Crippen LogP) is 1.23. The average molecular weight is 193 g/mol. The van der Waals surface area contributed by atoms with Crippen molar-refractivity contribution in [2.24, 2.45) is 0 Å². The van der Waals surface area contributed by atoms with Crippen LogP contribution in [0, 0.1) is 13.8 Å². The zero-order valence-corrected chi connectivity index (χ0v) is 8.96. The number of nitrogens with zero attached hydrogens (tertiary/aromatic N) is 2. The molecule has 0 aliphatic rings. The molecule has 0 saturated heterocycles. The van der Waals surface area contributed by atoms with Crippen molar-refractivity contribution in [2.45, 2.75) is 33.7 Å². The van der Waals surface area contributed by atoms with Crippen LogP contribution in [0.1, 0.15) is 35.6 Å². The lowest BCUT2D eigenvalue weighted by molar-refractivity contribution is 0.0937. The van der Waals surface area contributed by atoms with Gasteiger partial charge in [-0.15, -0.1) is 0 Å². The highest BCUT2D eigenvalue weighted by Gasteiger charge is 2.12. The second-order valence-corrected chi connectivity index (χ2v) is 3.56. The highest BCUT2D eigenvalue weighted by Crippen LogP contribution is 2.06. The van der Waals surface area contributed by atoms with Crippen molar-refractivity contribution in [2.75, 3.05) is 0 Å². The highest BCUT2D eigenvalue weighted by atomic mass is 16.1. The second kappa shape index (κ2) is 4.17. The first-order valence-electron chi connectivity index (χ1n) is 4.61. The van der Waals surface area contributed by atoms with E-state index in [1.54, 1.807) is 0 Å². The quantitative estimate of drug-likeness (QED) is 0.768. The lowest BCUT2D eigenvalue weighted by Gasteiger charge is -2.09. The van der Waals surface area contributed by atoms with Gasteiger partial charge in [-0.2, -0.15) is 0 Å². The summed E-state index contributed by atoms with van der Waals surface area (Å²) in [4.78, 5) is 19.6. The van der Waals surface area contributed by atoms with Crippen LogP contribution in [0.15, 0.2) is 6.33 Å². The Balaban J connectivity index is 2.96. The second-order valence-electron chi connectivity index (χ2n) is 3.56. The Morgan fingerprint density at radius 2 is 2.00 bits per heavy atom. The molecule has 1 rings (SSSR count). The molecule has 1 amide bonds. The van der Waals surface area contributed by atoms with Crippen LogP contribution < -0.4 is 5.32 Å². The van der Waals surface area contributed by atoms with E-state index in [1.165, 1.54) is 6.33 Å². The molecule has 1 N–H and O–H groups in total. The van der Waals surface area contributed by atoms with Crippen LogP contribution in [-0.2, 0) is 0 Å². The van der Waals surface area contributed by atoms with Gasteiger partial charge in [0.05, 0.1) is 0 Å². The van der Waals surface area contributed by atoms with Gasteiger partial charge in [0.25, 0.3) is 5.91 Å². The molecule has 0 saturated carbocycles. The van der Waals surface area contributed by atoms with Gasteiger partial charge in [0, 0.05) is 17.3 Å².